The van der Waals surface area contributed by atoms with Crippen LogP contribution in [0.1, 0.15) is 5.56 Å². The molecule has 0 saturated heterocycles. The van der Waals surface area contributed by atoms with E-state index in [1.54, 1.807) is 0 Å². The molecule has 0 radical (unpaired) electrons. The second kappa shape index (κ2) is 9.01. The van der Waals surface area contributed by atoms with E-state index in [0.29, 0.717) is 0 Å². The van der Waals surface area contributed by atoms with Crippen LogP contribution in [0.2, 0.25) is 0 Å². The van der Waals surface area contributed by atoms with Gasteiger partial charge in [-0.1, -0.05) is 35.9 Å². The third kappa shape index (κ3) is 6.90. The van der Waals surface area contributed by atoms with E-state index in [-0.39, 0.29) is 29.6 Å². The number of benzene rings is 2. The van der Waals surface area contributed by atoms with Crippen molar-refractivity contribution in [3.63, 3.8) is 0 Å². The minimum Gasteiger partial charge on any atom is -0.184 e. The normalized spacial score (nSPS) is 7.79. The van der Waals surface area contributed by atoms with Crippen LogP contribution in [0.3, 0.4) is 0 Å². The minimum absolute atomic E-state index is 0. The van der Waals surface area contributed by atoms with Gasteiger partial charge in [0.15, 0.2) is 0 Å². The first-order valence-electron chi connectivity index (χ1n) is 4.32. The summed E-state index contributed by atoms with van der Waals surface area (Å²) in [5, 5.41) is 0. The van der Waals surface area contributed by atoms with Crippen molar-refractivity contribution in [1.82, 2.24) is 0 Å². The molecule has 0 N–H and O–H groups in total. The Morgan fingerprint density at radius 2 is 1.29 bits per heavy atom. The number of hydrogen-bond acceptors (Lipinski definition) is 0. The van der Waals surface area contributed by atoms with Crippen LogP contribution in [-0.2, 0) is 0 Å². The molecule has 0 aliphatic heterocycles. The Morgan fingerprint density at radius 1 is 0.786 bits per heavy atom. The van der Waals surface area contributed by atoms with Gasteiger partial charge >= 0.3 is 29.6 Å². The maximum absolute atomic E-state index is 2.89. The molecule has 2 rings (SSSR count). The molecule has 0 aliphatic rings. The Balaban J connectivity index is 0.000000227. The first-order chi connectivity index (χ1) is 6.39. The van der Waals surface area contributed by atoms with Crippen molar-refractivity contribution in [2.45, 2.75) is 6.92 Å². The van der Waals surface area contributed by atoms with Gasteiger partial charge in [-0.3, -0.25) is 0 Å². The predicted molar refractivity (Wildman–Crippen MR) is 56.5 cm³/mol. The molecule has 0 nitrogen and oxygen atoms in total. The van der Waals surface area contributed by atoms with Crippen LogP contribution in [0, 0.1) is 13.0 Å². The van der Waals surface area contributed by atoms with Crippen molar-refractivity contribution in [2.75, 3.05) is 0 Å². The molecule has 14 heavy (non-hydrogen) atoms. The van der Waals surface area contributed by atoms with Crippen molar-refractivity contribution in [1.29, 1.82) is 0 Å². The summed E-state index contributed by atoms with van der Waals surface area (Å²) >= 11 is 0. The van der Waals surface area contributed by atoms with Crippen LogP contribution < -0.4 is 29.6 Å². The van der Waals surface area contributed by atoms with Crippen molar-refractivity contribution in [3.05, 3.63) is 72.3 Å². The molecule has 0 heterocycles. The van der Waals surface area contributed by atoms with Gasteiger partial charge in [-0.15, -0.1) is 0 Å². The van der Waals surface area contributed by atoms with Gasteiger partial charge in [0.25, 0.3) is 0 Å². The molecule has 1 heteroatoms. The fraction of sp³-hybridized carbons (Fsp3) is 0.0769. The standard InChI is InChI=1S/C7H8.C6H5.Na/c1-7-5-3-2-4-6-7;1-2-4-6-5-3-1;/h2-6H,1H3;1-5H;/q;-1;+1. The Morgan fingerprint density at radius 3 is 1.50 bits per heavy atom. The van der Waals surface area contributed by atoms with Gasteiger partial charge in [0.1, 0.15) is 0 Å². The number of hydrogen-bond donors (Lipinski definition) is 0. The number of rotatable bonds is 0. The predicted octanol–water partition coefficient (Wildman–Crippen LogP) is 0.486. The summed E-state index contributed by atoms with van der Waals surface area (Å²) in [6, 6.07) is 22.8. The average Bonchev–Trinajstić information content (AvgIpc) is 2.22. The molecule has 0 spiro atoms. The van der Waals surface area contributed by atoms with E-state index in [0.717, 1.165) is 0 Å². The van der Waals surface area contributed by atoms with Gasteiger partial charge in [0.2, 0.25) is 0 Å². The quantitative estimate of drug-likeness (QED) is 0.421. The van der Waals surface area contributed by atoms with Crippen LogP contribution in [0.5, 0.6) is 0 Å². The Hall–Kier alpha value is -0.560. The number of aryl methyl sites for hydroxylation is 1. The summed E-state index contributed by atoms with van der Waals surface area (Å²) in [6.45, 7) is 2.08. The van der Waals surface area contributed by atoms with Gasteiger partial charge in [0.05, 0.1) is 0 Å². The summed E-state index contributed by atoms with van der Waals surface area (Å²) in [5.41, 5.74) is 1.32. The van der Waals surface area contributed by atoms with E-state index in [2.05, 4.69) is 25.1 Å². The van der Waals surface area contributed by atoms with E-state index in [1.807, 2.05) is 48.5 Å². The van der Waals surface area contributed by atoms with Crippen LogP contribution in [0.4, 0.5) is 0 Å². The second-order valence-corrected chi connectivity index (χ2v) is 2.73. The fourth-order valence-electron chi connectivity index (χ4n) is 0.876. The van der Waals surface area contributed by atoms with Crippen LogP contribution in [0.15, 0.2) is 60.7 Å². The van der Waals surface area contributed by atoms with Crippen LogP contribution >= 0.6 is 0 Å². The van der Waals surface area contributed by atoms with E-state index in [1.165, 1.54) is 5.56 Å². The molecule has 0 atom stereocenters. The molecule has 0 amide bonds. The second-order valence-electron chi connectivity index (χ2n) is 2.73. The van der Waals surface area contributed by atoms with Gasteiger partial charge in [-0.2, -0.15) is 36.4 Å². The molecular formula is C13H13Na. The van der Waals surface area contributed by atoms with E-state index in [9.17, 15) is 0 Å². The summed E-state index contributed by atoms with van der Waals surface area (Å²) in [5.74, 6) is 0. The van der Waals surface area contributed by atoms with E-state index >= 15 is 0 Å². The molecule has 0 aromatic heterocycles. The largest absolute Gasteiger partial charge is 1.00 e. The zero-order valence-corrected chi connectivity index (χ0v) is 10.8. The Kier molecular flexibility index (Phi) is 8.65. The third-order valence-electron chi connectivity index (χ3n) is 1.55. The van der Waals surface area contributed by atoms with E-state index < -0.39 is 0 Å². The van der Waals surface area contributed by atoms with Gasteiger partial charge in [-0.25, -0.2) is 0 Å². The van der Waals surface area contributed by atoms with Crippen molar-refractivity contribution < 1.29 is 29.6 Å². The van der Waals surface area contributed by atoms with Crippen molar-refractivity contribution in [3.8, 4) is 0 Å². The van der Waals surface area contributed by atoms with Gasteiger partial charge in [-0.05, 0) is 6.92 Å². The fourth-order valence-corrected chi connectivity index (χ4v) is 0.876. The first kappa shape index (κ1) is 13.4. The molecule has 0 aliphatic carbocycles. The summed E-state index contributed by atoms with van der Waals surface area (Å²) in [7, 11) is 0. The minimum atomic E-state index is 0. The molecule has 0 fully saturated rings. The SMILES string of the molecule is Cc1ccccc1.[Na+].[c-]1ccccc1. The molecule has 66 valence electrons. The van der Waals surface area contributed by atoms with Crippen molar-refractivity contribution >= 4 is 0 Å². The van der Waals surface area contributed by atoms with Crippen LogP contribution in [-0.4, -0.2) is 0 Å². The third-order valence-corrected chi connectivity index (χ3v) is 1.55. The molecule has 2 aromatic carbocycles. The maximum Gasteiger partial charge on any atom is 1.00 e. The molecule has 0 unspecified atom stereocenters. The average molecular weight is 192 g/mol. The summed E-state index contributed by atoms with van der Waals surface area (Å²) in [4.78, 5) is 0. The van der Waals surface area contributed by atoms with Crippen molar-refractivity contribution in [2.24, 2.45) is 0 Å². The maximum atomic E-state index is 2.89. The Bertz CT molecular complexity index is 276. The smallest absolute Gasteiger partial charge is 0.184 e. The summed E-state index contributed by atoms with van der Waals surface area (Å²) in [6.07, 6.45) is 0. The zero-order valence-electron chi connectivity index (χ0n) is 8.77. The van der Waals surface area contributed by atoms with E-state index in [4.69, 9.17) is 0 Å². The molecular weight excluding hydrogens is 179 g/mol. The van der Waals surface area contributed by atoms with Gasteiger partial charge in [0, 0.05) is 0 Å². The first-order valence-corrected chi connectivity index (χ1v) is 4.32. The monoisotopic (exact) mass is 192 g/mol. The Labute approximate surface area is 108 Å². The van der Waals surface area contributed by atoms with Crippen LogP contribution in [0.25, 0.3) is 0 Å². The summed E-state index contributed by atoms with van der Waals surface area (Å²) < 4.78 is 0. The molecule has 2 aromatic rings. The molecule has 0 bridgehead atoms. The van der Waals surface area contributed by atoms with Gasteiger partial charge < -0.3 is 0 Å². The molecule has 0 saturated carbocycles. The topological polar surface area (TPSA) is 0 Å². The zero-order chi connectivity index (χ0) is 9.36.